The van der Waals surface area contributed by atoms with Gasteiger partial charge in [0.1, 0.15) is 12.6 Å². The van der Waals surface area contributed by atoms with Gasteiger partial charge in [-0.2, -0.15) is 5.10 Å². The van der Waals surface area contributed by atoms with Crippen LogP contribution < -0.4 is 10.1 Å². The Balaban J connectivity index is 1.31. The quantitative estimate of drug-likeness (QED) is 0.416. The van der Waals surface area contributed by atoms with Gasteiger partial charge in [0, 0.05) is 11.9 Å². The highest BCUT2D eigenvalue weighted by molar-refractivity contribution is 7.75. The Kier molecular flexibility index (Phi) is 6.34. The van der Waals surface area contributed by atoms with Gasteiger partial charge in [-0.05, 0) is 83.8 Å². The molecule has 1 N–H and O–H groups in total. The van der Waals surface area contributed by atoms with E-state index in [2.05, 4.69) is 54.7 Å². The Bertz CT molecular complexity index is 1220. The molecule has 2 heterocycles. The molecule has 0 bridgehead atoms. The van der Waals surface area contributed by atoms with Crippen LogP contribution in [0.3, 0.4) is 0 Å². The summed E-state index contributed by atoms with van der Waals surface area (Å²) < 4.78 is 30.8. The molecule has 8 nitrogen and oxygen atoms in total. The van der Waals surface area contributed by atoms with Crippen molar-refractivity contribution in [1.29, 1.82) is 0 Å². The molecular weight excluding hydrogens is 480 g/mol. The Morgan fingerprint density at radius 1 is 1.23 bits per heavy atom. The molecule has 1 aliphatic heterocycles. The fraction of sp³-hybridized carbons (Fsp3) is 0.600. The Hall–Kier alpha value is -2.17. The lowest BCUT2D eigenvalue weighted by molar-refractivity contribution is 0.208. The van der Waals surface area contributed by atoms with Crippen molar-refractivity contribution >= 4 is 30.6 Å². The summed E-state index contributed by atoms with van der Waals surface area (Å²) in [5, 5.41) is 7.48. The second kappa shape index (κ2) is 9.04. The average Bonchev–Trinajstić information content (AvgIpc) is 3.55. The highest BCUT2D eigenvalue weighted by Gasteiger charge is 2.38. The van der Waals surface area contributed by atoms with Crippen LogP contribution in [0.2, 0.25) is 18.1 Å². The zero-order chi connectivity index (χ0) is 25.0. The van der Waals surface area contributed by atoms with Crippen molar-refractivity contribution in [2.45, 2.75) is 88.4 Å². The molecule has 35 heavy (non-hydrogen) atoms. The summed E-state index contributed by atoms with van der Waals surface area (Å²) >= 11 is 0. The number of hydrogen-bond donors (Lipinski definition) is 1. The van der Waals surface area contributed by atoms with E-state index in [0.717, 1.165) is 44.2 Å². The molecule has 0 unspecified atom stereocenters. The van der Waals surface area contributed by atoms with E-state index >= 15 is 0 Å². The maximum Gasteiger partial charge on any atom is 0.322 e. The van der Waals surface area contributed by atoms with Crippen LogP contribution in [0.15, 0.2) is 21.5 Å². The number of hydrogen-bond acceptors (Lipinski definition) is 6. The molecule has 1 aromatic heterocycles. The topological polar surface area (TPSA) is 94.8 Å². The number of urea groups is 1. The molecule has 2 aliphatic carbocycles. The van der Waals surface area contributed by atoms with Crippen molar-refractivity contribution in [1.82, 2.24) is 9.78 Å². The minimum atomic E-state index is -1.91. The second-order valence-corrected chi connectivity index (χ2v) is 17.2. The molecule has 0 spiro atoms. The number of ether oxygens (including phenoxy) is 1. The lowest BCUT2D eigenvalue weighted by Gasteiger charge is -2.36. The lowest BCUT2D eigenvalue weighted by atomic mass is 9.99. The van der Waals surface area contributed by atoms with E-state index in [1.165, 1.54) is 28.5 Å². The molecule has 1 atom stereocenters. The first-order chi connectivity index (χ1) is 16.5. The van der Waals surface area contributed by atoms with Gasteiger partial charge in [-0.25, -0.2) is 9.48 Å². The molecule has 2 amide bonds. The predicted octanol–water partition coefficient (Wildman–Crippen LogP) is 5.55. The Morgan fingerprint density at radius 3 is 2.51 bits per heavy atom. The first-order valence-corrected chi connectivity index (χ1v) is 16.5. The van der Waals surface area contributed by atoms with Crippen LogP contribution in [0.1, 0.15) is 61.9 Å². The lowest BCUT2D eigenvalue weighted by Crippen LogP contribution is -2.42. The number of carbonyl (C=O) groups excluding carboxylic acids is 1. The number of nitrogens with one attached hydrogen (secondary N) is 1. The van der Waals surface area contributed by atoms with Crippen LogP contribution in [0.4, 0.5) is 10.5 Å². The van der Waals surface area contributed by atoms with Gasteiger partial charge in [-0.15, -0.1) is 10.6 Å². The van der Waals surface area contributed by atoms with E-state index < -0.39 is 24.9 Å². The fourth-order valence-electron chi connectivity index (χ4n) is 4.96. The molecular formula is C25H35N4O4SSi-. The van der Waals surface area contributed by atoms with E-state index in [4.69, 9.17) is 9.16 Å². The third-order valence-electron chi connectivity index (χ3n) is 7.98. The monoisotopic (exact) mass is 515 g/mol. The Labute approximate surface area is 210 Å². The molecule has 0 saturated carbocycles. The third kappa shape index (κ3) is 4.56. The average molecular weight is 516 g/mol. The molecule has 0 radical (unpaired) electrons. The van der Waals surface area contributed by atoms with Crippen LogP contribution in [0.5, 0.6) is 5.88 Å². The van der Waals surface area contributed by atoms with Crippen LogP contribution in [0, 0.1) is 0 Å². The van der Waals surface area contributed by atoms with Crippen LogP contribution >= 0.6 is 0 Å². The van der Waals surface area contributed by atoms with E-state index in [0.29, 0.717) is 24.0 Å². The largest absolute Gasteiger partial charge is 0.476 e. The number of benzene rings is 1. The summed E-state index contributed by atoms with van der Waals surface area (Å²) in [5.41, 5.74) is 6.00. The van der Waals surface area contributed by atoms with E-state index in [-0.39, 0.29) is 11.1 Å². The van der Waals surface area contributed by atoms with Crippen molar-refractivity contribution < 1.29 is 18.2 Å². The second-order valence-electron chi connectivity index (χ2n) is 11.3. The maximum atomic E-state index is 13.0. The van der Waals surface area contributed by atoms with E-state index in [1.807, 2.05) is 0 Å². The van der Waals surface area contributed by atoms with Crippen molar-refractivity contribution in [2.24, 2.45) is 4.36 Å². The number of anilines is 1. The first kappa shape index (κ1) is 24.5. The minimum absolute atomic E-state index is 0.0896. The maximum absolute atomic E-state index is 13.0. The summed E-state index contributed by atoms with van der Waals surface area (Å²) in [6.45, 7) is 11.9. The molecule has 0 fully saturated rings. The van der Waals surface area contributed by atoms with Crippen LogP contribution in [-0.4, -0.2) is 37.3 Å². The standard InChI is InChI=1S/C25H35N4O4SSi/c1-25(2,3)35(4,5)33-15-18-14-32-23-21(13-26-29(18)23)34(31)28-24(30)27-22-19-10-6-8-16(19)12-17-9-7-11-20(17)22/h12-13,18H,6-11,14-15H2,1-5H3,(H,27,30)/q-1/t18-/m0/s1. The van der Waals surface area contributed by atoms with Crippen molar-refractivity contribution in [2.75, 3.05) is 18.5 Å². The normalized spacial score (nSPS) is 19.9. The molecule has 1 aromatic carbocycles. The summed E-state index contributed by atoms with van der Waals surface area (Å²) in [6, 6.07) is 1.63. The van der Waals surface area contributed by atoms with Gasteiger partial charge in [0.15, 0.2) is 14.2 Å². The SMILES string of the molecule is CC(C)(C)[Si](C)(C)OC[C@@H]1COc2c([S-](=O)=NC(=O)Nc3c4c(cc5c3CCC5)CCC4)cnn21. The van der Waals surface area contributed by atoms with Crippen molar-refractivity contribution in [3.8, 4) is 5.88 Å². The molecule has 10 heteroatoms. The zero-order valence-corrected chi connectivity index (χ0v) is 23.1. The summed E-state index contributed by atoms with van der Waals surface area (Å²) in [6.07, 6.45) is 7.71. The van der Waals surface area contributed by atoms with Gasteiger partial charge in [-0.1, -0.05) is 26.8 Å². The number of rotatable bonds is 5. The summed E-state index contributed by atoms with van der Waals surface area (Å²) in [5.74, 6) is 0.408. The molecule has 0 saturated heterocycles. The van der Waals surface area contributed by atoms with Gasteiger partial charge in [0.2, 0.25) is 0 Å². The van der Waals surface area contributed by atoms with Crippen molar-refractivity contribution in [3.63, 3.8) is 0 Å². The van der Waals surface area contributed by atoms with Gasteiger partial charge in [-0.3, -0.25) is 0 Å². The minimum Gasteiger partial charge on any atom is -0.476 e. The third-order valence-corrected chi connectivity index (χ3v) is 13.5. The predicted molar refractivity (Wildman–Crippen MR) is 138 cm³/mol. The van der Waals surface area contributed by atoms with Crippen molar-refractivity contribution in [3.05, 3.63) is 34.5 Å². The summed E-state index contributed by atoms with van der Waals surface area (Å²) in [4.78, 5) is 13.2. The number of aryl methyl sites for hydroxylation is 2. The first-order valence-electron chi connectivity index (χ1n) is 12.5. The highest BCUT2D eigenvalue weighted by Crippen LogP contribution is 2.40. The van der Waals surface area contributed by atoms with Gasteiger partial charge >= 0.3 is 6.03 Å². The fourth-order valence-corrected chi connectivity index (χ4v) is 6.74. The molecule has 3 aliphatic rings. The number of amides is 2. The van der Waals surface area contributed by atoms with E-state index in [9.17, 15) is 9.00 Å². The Morgan fingerprint density at radius 2 is 1.89 bits per heavy atom. The van der Waals surface area contributed by atoms with Crippen LogP contribution in [0.25, 0.3) is 0 Å². The highest BCUT2D eigenvalue weighted by atomic mass is 32.2. The molecule has 190 valence electrons. The van der Waals surface area contributed by atoms with Crippen LogP contribution in [-0.2, 0) is 44.9 Å². The zero-order valence-electron chi connectivity index (χ0n) is 21.3. The summed E-state index contributed by atoms with van der Waals surface area (Å²) in [7, 11) is -3.82. The number of carbonyl (C=O) groups is 1. The number of aromatic nitrogens is 2. The number of nitrogens with zero attached hydrogens (tertiary/aromatic N) is 3. The van der Waals surface area contributed by atoms with Gasteiger partial charge in [0.05, 0.1) is 6.61 Å². The van der Waals surface area contributed by atoms with Gasteiger partial charge in [0.25, 0.3) is 0 Å². The smallest absolute Gasteiger partial charge is 0.322 e. The number of fused-ring (bicyclic) bond motifs is 3. The van der Waals surface area contributed by atoms with E-state index in [1.54, 1.807) is 4.68 Å². The molecule has 5 rings (SSSR count). The molecule has 2 aromatic rings. The van der Waals surface area contributed by atoms with Gasteiger partial charge < -0.3 is 23.1 Å².